The summed E-state index contributed by atoms with van der Waals surface area (Å²) in [5.41, 5.74) is 1.98. The highest BCUT2D eigenvalue weighted by Gasteiger charge is 2.38. The fourth-order valence-corrected chi connectivity index (χ4v) is 3.82. The summed E-state index contributed by atoms with van der Waals surface area (Å²) in [7, 11) is 1.37. The van der Waals surface area contributed by atoms with Crippen molar-refractivity contribution in [1.29, 1.82) is 0 Å². The van der Waals surface area contributed by atoms with Crippen LogP contribution in [0.15, 0.2) is 64.3 Å². The van der Waals surface area contributed by atoms with Gasteiger partial charge in [0.1, 0.15) is 5.92 Å². The molecule has 1 saturated heterocycles. The van der Waals surface area contributed by atoms with Gasteiger partial charge in [-0.25, -0.2) is 0 Å². The molecule has 3 rings (SSSR count). The smallest absolute Gasteiger partial charge is 0.315 e. The molecule has 2 aromatic rings. The average Bonchev–Trinajstić information content (AvgIpc) is 2.75. The lowest BCUT2D eigenvalue weighted by molar-refractivity contribution is -0.144. The van der Waals surface area contributed by atoms with Crippen molar-refractivity contribution in [2.24, 2.45) is 9.75 Å². The number of hydrogen-bond acceptors (Lipinski definition) is 5. The molecular weight excluding hydrogens is 378 g/mol. The molecule has 0 bridgehead atoms. The highest BCUT2D eigenvalue weighted by atomic mass is 35.5. The van der Waals surface area contributed by atoms with Gasteiger partial charge in [0.25, 0.3) is 5.91 Å². The van der Waals surface area contributed by atoms with Crippen LogP contribution in [0.1, 0.15) is 41.1 Å². The maximum absolute atomic E-state index is 13.1. The van der Waals surface area contributed by atoms with Crippen LogP contribution in [0.4, 0.5) is 5.69 Å². The Labute approximate surface area is 169 Å². The summed E-state index contributed by atoms with van der Waals surface area (Å²) < 4.78 is 8.33. The van der Waals surface area contributed by atoms with Crippen molar-refractivity contribution in [3.05, 3.63) is 65.7 Å². The number of rotatable bonds is 5. The SMILES string of the molecule is COC(=O)C(c1ccc(N=NCl)cc1)C1CCCCN1C(=O)c1ccccc1. The van der Waals surface area contributed by atoms with Crippen molar-refractivity contribution in [3.8, 4) is 0 Å². The van der Waals surface area contributed by atoms with Crippen LogP contribution < -0.4 is 0 Å². The maximum atomic E-state index is 13.1. The molecule has 0 saturated carbocycles. The Balaban J connectivity index is 1.95. The lowest BCUT2D eigenvalue weighted by atomic mass is 9.84. The van der Waals surface area contributed by atoms with E-state index < -0.39 is 5.92 Å². The molecular formula is C21H22ClN3O3. The lowest BCUT2D eigenvalue weighted by Crippen LogP contribution is -2.48. The van der Waals surface area contributed by atoms with Crippen LogP contribution in [0.3, 0.4) is 0 Å². The molecule has 2 aromatic carbocycles. The van der Waals surface area contributed by atoms with Gasteiger partial charge in [-0.2, -0.15) is 0 Å². The van der Waals surface area contributed by atoms with Crippen molar-refractivity contribution in [2.75, 3.05) is 13.7 Å². The summed E-state index contributed by atoms with van der Waals surface area (Å²) in [6, 6.07) is 16.0. The molecule has 28 heavy (non-hydrogen) atoms. The molecule has 0 aromatic heterocycles. The topological polar surface area (TPSA) is 71.3 Å². The predicted octanol–water partition coefficient (Wildman–Crippen LogP) is 4.88. The van der Waals surface area contributed by atoms with E-state index in [2.05, 4.69) is 9.75 Å². The fraction of sp³-hybridized carbons (Fsp3) is 0.333. The highest BCUT2D eigenvalue weighted by molar-refractivity contribution is 6.14. The third-order valence-electron chi connectivity index (χ3n) is 5.08. The number of likely N-dealkylation sites (tertiary alicyclic amines) is 1. The predicted molar refractivity (Wildman–Crippen MR) is 107 cm³/mol. The standard InChI is InChI=1S/C21H22ClN3O3/c1-28-21(27)19(15-10-12-17(13-11-15)23-24-22)18-9-5-6-14-25(18)20(26)16-7-3-2-4-8-16/h2-4,7-8,10-13,18-19H,5-6,9,14H2,1H3. The van der Waals surface area contributed by atoms with Crippen molar-refractivity contribution >= 4 is 29.3 Å². The number of piperidine rings is 1. The number of carbonyl (C=O) groups excluding carboxylic acids is 2. The van der Waals surface area contributed by atoms with Crippen LogP contribution in [0.5, 0.6) is 0 Å². The first-order valence-corrected chi connectivity index (χ1v) is 9.55. The third-order valence-corrected chi connectivity index (χ3v) is 5.15. The van der Waals surface area contributed by atoms with E-state index in [1.54, 1.807) is 24.3 Å². The minimum Gasteiger partial charge on any atom is -0.468 e. The molecule has 0 spiro atoms. The third kappa shape index (κ3) is 4.39. The van der Waals surface area contributed by atoms with E-state index in [1.807, 2.05) is 35.2 Å². The zero-order chi connectivity index (χ0) is 19.9. The lowest BCUT2D eigenvalue weighted by Gasteiger charge is -2.39. The molecule has 0 N–H and O–H groups in total. The molecule has 1 amide bonds. The van der Waals surface area contributed by atoms with Crippen LogP contribution >= 0.6 is 11.8 Å². The van der Waals surface area contributed by atoms with Gasteiger partial charge >= 0.3 is 5.97 Å². The number of benzene rings is 2. The second-order valence-electron chi connectivity index (χ2n) is 6.70. The number of methoxy groups -OCH3 is 1. The number of hydrogen-bond donors (Lipinski definition) is 0. The number of nitrogens with zero attached hydrogens (tertiary/aromatic N) is 3. The second-order valence-corrected chi connectivity index (χ2v) is 6.85. The van der Waals surface area contributed by atoms with E-state index in [4.69, 9.17) is 16.5 Å². The average molecular weight is 400 g/mol. The van der Waals surface area contributed by atoms with Crippen molar-refractivity contribution in [1.82, 2.24) is 4.90 Å². The number of halogens is 1. The van der Waals surface area contributed by atoms with Gasteiger partial charge in [0, 0.05) is 18.2 Å². The molecule has 1 fully saturated rings. The van der Waals surface area contributed by atoms with Gasteiger partial charge in [0.15, 0.2) is 0 Å². The summed E-state index contributed by atoms with van der Waals surface area (Å²) in [6.45, 7) is 0.616. The van der Waals surface area contributed by atoms with Gasteiger partial charge in [0.05, 0.1) is 24.6 Å². The van der Waals surface area contributed by atoms with Crippen LogP contribution in [0.25, 0.3) is 0 Å². The zero-order valence-electron chi connectivity index (χ0n) is 15.6. The quantitative estimate of drug-likeness (QED) is 0.531. The van der Waals surface area contributed by atoms with Crippen LogP contribution in [0.2, 0.25) is 0 Å². The van der Waals surface area contributed by atoms with Crippen molar-refractivity contribution in [3.63, 3.8) is 0 Å². The number of carbonyl (C=O) groups is 2. The minimum absolute atomic E-state index is 0.0632. The van der Waals surface area contributed by atoms with Crippen molar-refractivity contribution in [2.45, 2.75) is 31.2 Å². The van der Waals surface area contributed by atoms with Gasteiger partial charge < -0.3 is 9.64 Å². The summed E-state index contributed by atoms with van der Waals surface area (Å²) >= 11 is 5.29. The summed E-state index contributed by atoms with van der Waals surface area (Å²) in [5.74, 6) is -0.990. The van der Waals surface area contributed by atoms with E-state index in [1.165, 1.54) is 7.11 Å². The van der Waals surface area contributed by atoms with Crippen LogP contribution in [-0.4, -0.2) is 36.5 Å². The first-order valence-electron chi connectivity index (χ1n) is 9.21. The number of ether oxygens (including phenoxy) is 1. The Morgan fingerprint density at radius 1 is 1.11 bits per heavy atom. The van der Waals surface area contributed by atoms with E-state index in [9.17, 15) is 9.59 Å². The van der Waals surface area contributed by atoms with Crippen molar-refractivity contribution < 1.29 is 14.3 Å². The van der Waals surface area contributed by atoms with Crippen LogP contribution in [-0.2, 0) is 9.53 Å². The Morgan fingerprint density at radius 3 is 2.46 bits per heavy atom. The summed E-state index contributed by atoms with van der Waals surface area (Å²) in [4.78, 5) is 27.6. The Kier molecular flexibility index (Phi) is 6.76. The molecule has 2 atom stereocenters. The van der Waals surface area contributed by atoms with E-state index in [-0.39, 0.29) is 17.9 Å². The molecule has 2 unspecified atom stereocenters. The fourth-order valence-electron chi connectivity index (χ4n) is 3.74. The molecule has 6 nitrogen and oxygen atoms in total. The number of amides is 1. The molecule has 7 heteroatoms. The molecule has 146 valence electrons. The van der Waals surface area contributed by atoms with Gasteiger partial charge in [-0.05, 0) is 49.1 Å². The van der Waals surface area contributed by atoms with Gasteiger partial charge in [-0.1, -0.05) is 35.0 Å². The zero-order valence-corrected chi connectivity index (χ0v) is 16.4. The van der Waals surface area contributed by atoms with Gasteiger partial charge in [0.2, 0.25) is 0 Å². The molecule has 1 aliphatic rings. The highest BCUT2D eigenvalue weighted by Crippen LogP contribution is 2.33. The second kappa shape index (κ2) is 9.46. The minimum atomic E-state index is -0.569. The number of esters is 1. The van der Waals surface area contributed by atoms with Crippen LogP contribution in [0, 0.1) is 0 Å². The molecule has 0 aliphatic carbocycles. The normalized spacial score (nSPS) is 18.1. The molecule has 1 aliphatic heterocycles. The Bertz CT molecular complexity index is 840. The van der Waals surface area contributed by atoms with E-state index in [0.29, 0.717) is 17.8 Å². The largest absolute Gasteiger partial charge is 0.468 e. The first-order chi connectivity index (χ1) is 13.7. The Hall–Kier alpha value is -2.73. The van der Waals surface area contributed by atoms with E-state index >= 15 is 0 Å². The summed E-state index contributed by atoms with van der Waals surface area (Å²) in [6.07, 6.45) is 2.61. The Morgan fingerprint density at radius 2 is 1.82 bits per heavy atom. The maximum Gasteiger partial charge on any atom is 0.315 e. The monoisotopic (exact) mass is 399 g/mol. The van der Waals surface area contributed by atoms with Gasteiger partial charge in [-0.15, -0.1) is 5.11 Å². The molecule has 1 heterocycles. The van der Waals surface area contributed by atoms with Gasteiger partial charge in [-0.3, -0.25) is 9.59 Å². The summed E-state index contributed by atoms with van der Waals surface area (Å²) in [5, 5.41) is 3.78. The molecule has 0 radical (unpaired) electrons. The first kappa shape index (κ1) is 20.0. The van der Waals surface area contributed by atoms with E-state index in [0.717, 1.165) is 24.8 Å².